The lowest BCUT2D eigenvalue weighted by Crippen LogP contribution is -2.54. The van der Waals surface area contributed by atoms with E-state index in [4.69, 9.17) is 14.2 Å². The minimum Gasteiger partial charge on any atom is -0.497 e. The molecule has 1 fully saturated rings. The van der Waals surface area contributed by atoms with Gasteiger partial charge in [-0.2, -0.15) is 0 Å². The molecule has 1 N–H and O–H groups in total. The molecule has 0 radical (unpaired) electrons. The van der Waals surface area contributed by atoms with E-state index in [0.29, 0.717) is 35.1 Å². The van der Waals surface area contributed by atoms with Crippen LogP contribution >= 0.6 is 0 Å². The van der Waals surface area contributed by atoms with Crippen molar-refractivity contribution in [2.45, 2.75) is 13.5 Å². The molecule has 37 heavy (non-hydrogen) atoms. The first-order valence-electron chi connectivity index (χ1n) is 11.5. The molecule has 4 amide bonds. The van der Waals surface area contributed by atoms with Gasteiger partial charge in [0.25, 0.3) is 11.8 Å². The van der Waals surface area contributed by atoms with Crippen LogP contribution in [0.4, 0.5) is 10.5 Å². The van der Waals surface area contributed by atoms with Gasteiger partial charge in [-0.1, -0.05) is 42.5 Å². The summed E-state index contributed by atoms with van der Waals surface area (Å²) in [5, 5.41) is 2.23. The summed E-state index contributed by atoms with van der Waals surface area (Å²) in [6.07, 6.45) is 2.96. The van der Waals surface area contributed by atoms with E-state index >= 15 is 0 Å². The zero-order valence-electron chi connectivity index (χ0n) is 20.5. The number of methoxy groups -OCH3 is 1. The number of anilines is 1. The van der Waals surface area contributed by atoms with Crippen molar-refractivity contribution in [3.63, 3.8) is 0 Å². The zero-order valence-corrected chi connectivity index (χ0v) is 20.5. The molecule has 188 valence electrons. The van der Waals surface area contributed by atoms with Gasteiger partial charge in [-0.25, -0.2) is 9.69 Å². The molecule has 0 aliphatic carbocycles. The molecule has 8 nitrogen and oxygen atoms in total. The van der Waals surface area contributed by atoms with Gasteiger partial charge in [-0.15, -0.1) is 0 Å². The third-order valence-electron chi connectivity index (χ3n) is 5.60. The standard InChI is InChI=1S/C29H26N2O6/c1-4-15-36-26-17-24(35-3)12-9-21(26)16-25-27(32)30-29(34)31(28(25)33)22-10-13-23(14-11-22)37-18-20-7-5-19(2)6-8-20/h4-14,16-17H,1,15,18H2,2-3H3,(H,30,32,34)/b25-16+. The van der Waals surface area contributed by atoms with Crippen molar-refractivity contribution in [2.24, 2.45) is 0 Å². The number of aryl methyl sites for hydroxylation is 1. The summed E-state index contributed by atoms with van der Waals surface area (Å²) in [4.78, 5) is 39.4. The van der Waals surface area contributed by atoms with Gasteiger partial charge < -0.3 is 14.2 Å². The number of rotatable bonds is 9. The van der Waals surface area contributed by atoms with Gasteiger partial charge in [0.15, 0.2) is 0 Å². The van der Waals surface area contributed by atoms with Crippen LogP contribution in [0.1, 0.15) is 16.7 Å². The Labute approximate surface area is 214 Å². The van der Waals surface area contributed by atoms with Crippen molar-refractivity contribution >= 4 is 29.6 Å². The van der Waals surface area contributed by atoms with E-state index in [1.807, 2.05) is 31.2 Å². The van der Waals surface area contributed by atoms with Crippen LogP contribution in [0, 0.1) is 6.92 Å². The number of hydrogen-bond acceptors (Lipinski definition) is 6. The van der Waals surface area contributed by atoms with E-state index in [1.54, 1.807) is 48.5 Å². The van der Waals surface area contributed by atoms with Gasteiger partial charge in [0.2, 0.25) is 0 Å². The predicted molar refractivity (Wildman–Crippen MR) is 140 cm³/mol. The second-order valence-corrected chi connectivity index (χ2v) is 8.23. The highest BCUT2D eigenvalue weighted by molar-refractivity contribution is 6.39. The Morgan fingerprint density at radius 1 is 0.919 bits per heavy atom. The quantitative estimate of drug-likeness (QED) is 0.258. The van der Waals surface area contributed by atoms with E-state index in [9.17, 15) is 14.4 Å². The number of nitrogens with one attached hydrogen (secondary N) is 1. The van der Waals surface area contributed by atoms with Crippen LogP contribution < -0.4 is 24.4 Å². The third kappa shape index (κ3) is 5.87. The molecule has 0 bridgehead atoms. The lowest BCUT2D eigenvalue weighted by atomic mass is 10.1. The summed E-state index contributed by atoms with van der Waals surface area (Å²) >= 11 is 0. The second kappa shape index (κ2) is 11.3. The molecule has 1 aliphatic rings. The summed E-state index contributed by atoms with van der Waals surface area (Å²) in [6, 6.07) is 18.6. The average molecular weight is 499 g/mol. The number of nitrogens with zero attached hydrogens (tertiary/aromatic N) is 1. The summed E-state index contributed by atoms with van der Waals surface area (Å²) in [5.41, 5.74) is 2.73. The van der Waals surface area contributed by atoms with Gasteiger partial charge in [-0.3, -0.25) is 14.9 Å². The Morgan fingerprint density at radius 3 is 2.30 bits per heavy atom. The lowest BCUT2D eigenvalue weighted by Gasteiger charge is -2.26. The number of benzene rings is 3. The molecule has 3 aromatic carbocycles. The molecule has 3 aromatic rings. The lowest BCUT2D eigenvalue weighted by molar-refractivity contribution is -0.122. The maximum absolute atomic E-state index is 13.3. The molecule has 0 unspecified atom stereocenters. The van der Waals surface area contributed by atoms with E-state index in [1.165, 1.54) is 13.2 Å². The summed E-state index contributed by atoms with van der Waals surface area (Å²) < 4.78 is 16.7. The van der Waals surface area contributed by atoms with Gasteiger partial charge in [0.1, 0.15) is 36.0 Å². The number of imide groups is 2. The van der Waals surface area contributed by atoms with Crippen LogP contribution in [0.3, 0.4) is 0 Å². The zero-order chi connectivity index (χ0) is 26.4. The van der Waals surface area contributed by atoms with Crippen molar-refractivity contribution in [1.82, 2.24) is 5.32 Å². The fraction of sp³-hybridized carbons (Fsp3) is 0.138. The largest absolute Gasteiger partial charge is 0.497 e. The maximum Gasteiger partial charge on any atom is 0.335 e. The first-order chi connectivity index (χ1) is 17.9. The number of urea groups is 1. The minimum atomic E-state index is -0.835. The van der Waals surface area contributed by atoms with Gasteiger partial charge in [-0.05, 0) is 55.0 Å². The van der Waals surface area contributed by atoms with Crippen LogP contribution in [0.2, 0.25) is 0 Å². The van der Waals surface area contributed by atoms with E-state index < -0.39 is 17.8 Å². The molecule has 0 atom stereocenters. The average Bonchev–Trinajstić information content (AvgIpc) is 2.90. The Balaban J connectivity index is 1.56. The Kier molecular flexibility index (Phi) is 7.68. The number of carbonyl (C=O) groups excluding carboxylic acids is 3. The number of amides is 4. The highest BCUT2D eigenvalue weighted by atomic mass is 16.5. The van der Waals surface area contributed by atoms with E-state index in [-0.39, 0.29) is 12.2 Å². The van der Waals surface area contributed by atoms with E-state index in [0.717, 1.165) is 16.0 Å². The smallest absolute Gasteiger partial charge is 0.335 e. The molecule has 1 heterocycles. The van der Waals surface area contributed by atoms with E-state index in [2.05, 4.69) is 11.9 Å². The first-order valence-corrected chi connectivity index (χ1v) is 11.5. The first kappa shape index (κ1) is 25.2. The summed E-state index contributed by atoms with van der Waals surface area (Å²) in [6.45, 7) is 6.24. The Hall–Kier alpha value is -4.85. The van der Waals surface area contributed by atoms with Gasteiger partial charge >= 0.3 is 6.03 Å². The topological polar surface area (TPSA) is 94.2 Å². The van der Waals surface area contributed by atoms with Crippen molar-refractivity contribution in [2.75, 3.05) is 18.6 Å². The van der Waals surface area contributed by atoms with Crippen molar-refractivity contribution < 1.29 is 28.6 Å². The molecular formula is C29H26N2O6. The molecule has 1 aliphatic heterocycles. The Morgan fingerprint density at radius 2 is 1.62 bits per heavy atom. The predicted octanol–water partition coefficient (Wildman–Crippen LogP) is 4.81. The summed E-state index contributed by atoms with van der Waals surface area (Å²) in [7, 11) is 1.52. The normalized spacial score (nSPS) is 14.4. The fourth-order valence-corrected chi connectivity index (χ4v) is 3.62. The van der Waals surface area contributed by atoms with Gasteiger partial charge in [0.05, 0.1) is 12.8 Å². The van der Waals surface area contributed by atoms with Crippen LogP contribution in [-0.4, -0.2) is 31.6 Å². The number of barbiturate groups is 1. The molecule has 4 rings (SSSR count). The highest BCUT2D eigenvalue weighted by Crippen LogP contribution is 2.29. The second-order valence-electron chi connectivity index (χ2n) is 8.23. The third-order valence-corrected chi connectivity index (χ3v) is 5.60. The van der Waals surface area contributed by atoms with Crippen molar-refractivity contribution in [3.05, 3.63) is 102 Å². The maximum atomic E-state index is 13.3. The molecule has 0 spiro atoms. The number of hydrogen-bond donors (Lipinski definition) is 1. The monoisotopic (exact) mass is 498 g/mol. The van der Waals surface area contributed by atoms with Crippen molar-refractivity contribution in [1.29, 1.82) is 0 Å². The minimum absolute atomic E-state index is 0.215. The van der Waals surface area contributed by atoms with Crippen LogP contribution in [0.15, 0.2) is 85.0 Å². The molecular weight excluding hydrogens is 472 g/mol. The molecule has 0 aromatic heterocycles. The van der Waals surface area contributed by atoms with Crippen molar-refractivity contribution in [3.8, 4) is 17.2 Å². The van der Waals surface area contributed by atoms with Gasteiger partial charge in [0, 0.05) is 11.6 Å². The number of carbonyl (C=O) groups is 3. The van der Waals surface area contributed by atoms with Crippen LogP contribution in [0.5, 0.6) is 17.2 Å². The molecule has 0 saturated carbocycles. The van der Waals surface area contributed by atoms with Crippen LogP contribution in [-0.2, 0) is 16.2 Å². The Bertz CT molecular complexity index is 1360. The SMILES string of the molecule is C=CCOc1cc(OC)ccc1/C=C1\C(=O)NC(=O)N(c2ccc(OCc3ccc(C)cc3)cc2)C1=O. The fourth-order valence-electron chi connectivity index (χ4n) is 3.62. The number of ether oxygens (including phenoxy) is 3. The molecule has 1 saturated heterocycles. The molecule has 8 heteroatoms. The van der Waals surface area contributed by atoms with Crippen LogP contribution in [0.25, 0.3) is 6.08 Å². The summed E-state index contributed by atoms with van der Waals surface area (Å²) in [5.74, 6) is -0.0429. The highest BCUT2D eigenvalue weighted by Gasteiger charge is 2.37.